The van der Waals surface area contributed by atoms with Gasteiger partial charge in [-0.25, -0.2) is 0 Å². The van der Waals surface area contributed by atoms with Gasteiger partial charge >= 0.3 is 50.5 Å². The van der Waals surface area contributed by atoms with E-state index in [0.717, 1.165) is 29.5 Å². The number of benzene rings is 3. The van der Waals surface area contributed by atoms with Crippen LogP contribution in [0.1, 0.15) is 68.1 Å². The Bertz CT molecular complexity index is 825. The zero-order chi connectivity index (χ0) is 30.4. The monoisotopic (exact) mass is 1140 g/mol. The fourth-order valence-corrected chi connectivity index (χ4v) is 6.84. The van der Waals surface area contributed by atoms with Gasteiger partial charge in [0, 0.05) is 16.0 Å². The summed E-state index contributed by atoms with van der Waals surface area (Å²) in [5.41, 5.74) is 4.06. The summed E-state index contributed by atoms with van der Waals surface area (Å²) in [5, 5.41) is 3.44. The first kappa shape index (κ1) is 43.4. The molecule has 0 aliphatic heterocycles. The molecule has 3 aromatic rings. The molecular weight excluding hydrogens is 1100 g/mol. The molecule has 41 heavy (non-hydrogen) atoms. The molecule has 0 bridgehead atoms. The number of thiol groups is 1. The average molecular weight is 1140 g/mol. The van der Waals surface area contributed by atoms with Crippen molar-refractivity contribution in [1.29, 1.82) is 0 Å². The molecule has 0 nitrogen and oxygen atoms in total. The summed E-state index contributed by atoms with van der Waals surface area (Å²) in [5.74, 6) is 1.15. The topological polar surface area (TPSA) is 0 Å². The summed E-state index contributed by atoms with van der Waals surface area (Å²) in [7, 11) is 0.778. The summed E-state index contributed by atoms with van der Waals surface area (Å²) in [6.45, 7) is 2.02. The van der Waals surface area contributed by atoms with Crippen molar-refractivity contribution in [3.63, 3.8) is 0 Å². The van der Waals surface area contributed by atoms with Crippen LogP contribution in [0.3, 0.4) is 0 Å². The van der Waals surface area contributed by atoms with Crippen molar-refractivity contribution in [2.24, 2.45) is 0 Å². The van der Waals surface area contributed by atoms with E-state index in [2.05, 4.69) is 200 Å². The second-order valence-corrected chi connectivity index (χ2v) is 30.5. The second-order valence-electron chi connectivity index (χ2n) is 8.80. The van der Waals surface area contributed by atoms with Gasteiger partial charge in [0.2, 0.25) is 0 Å². The van der Waals surface area contributed by atoms with Gasteiger partial charge in [-0.1, -0.05) is 172 Å². The van der Waals surface area contributed by atoms with E-state index in [4.69, 9.17) is 0 Å². The van der Waals surface area contributed by atoms with Crippen molar-refractivity contribution in [3.8, 4) is 0 Å². The quantitative estimate of drug-likeness (QED) is 0.0395. The summed E-state index contributed by atoms with van der Waals surface area (Å²) in [6.07, 6.45) is 10.5. The van der Waals surface area contributed by atoms with Crippen LogP contribution in [-0.2, 0) is 4.75 Å². The molecule has 0 aliphatic carbocycles. The van der Waals surface area contributed by atoms with Crippen LogP contribution < -0.4 is 13.3 Å². The van der Waals surface area contributed by atoms with Gasteiger partial charge in [-0.15, -0.1) is 11.8 Å². The molecule has 0 aromatic heterocycles. The zero-order valence-corrected chi connectivity index (χ0v) is 37.7. The molecule has 0 spiro atoms. The van der Waals surface area contributed by atoms with E-state index >= 15 is 0 Å². The zero-order valence-electron chi connectivity index (χ0n) is 23.8. The Kier molecular flexibility index (Phi) is 34.3. The molecule has 1 unspecified atom stereocenters. The van der Waals surface area contributed by atoms with E-state index in [-0.39, 0.29) is 4.75 Å². The maximum absolute atomic E-state index is 3.82. The van der Waals surface area contributed by atoms with Crippen LogP contribution >= 0.6 is 117 Å². The predicted octanol–water partition coefficient (Wildman–Crippen LogP) is 10.9. The van der Waals surface area contributed by atoms with Crippen LogP contribution in [0.25, 0.3) is 0 Å². The van der Waals surface area contributed by atoms with Crippen molar-refractivity contribution in [1.82, 2.24) is 0 Å². The van der Waals surface area contributed by atoms with Gasteiger partial charge in [-0.05, 0) is 54.8 Å². The molecule has 3 rings (SSSR count). The molecule has 1 atom stereocenters. The first-order chi connectivity index (χ1) is 20.1. The van der Waals surface area contributed by atoms with Crippen molar-refractivity contribution in [2.75, 3.05) is 28.4 Å². The van der Waals surface area contributed by atoms with Crippen LogP contribution in [-0.4, -0.2) is 28.4 Å². The number of hydrogen-bond donors (Lipinski definition) is 1. The maximum atomic E-state index is 3.82. The number of rotatable bonds is 15. The van der Waals surface area contributed by atoms with E-state index in [1.807, 2.05) is 6.66 Å². The van der Waals surface area contributed by atoms with Crippen LogP contribution in [0.5, 0.6) is 0 Å². The van der Waals surface area contributed by atoms with E-state index in [9.17, 15) is 0 Å². The van der Waals surface area contributed by atoms with Crippen LogP contribution in [0.2, 0.25) is 0 Å². The van der Waals surface area contributed by atoms with Gasteiger partial charge in [0.15, 0.2) is 0 Å². The standard InChI is InChI=1S/C25H27BrS.C6H12Br2.CH5PS.I3/c26-20-12-1-2-13-21-27-25(22-14-6-3-7-15-22,23-16-8-4-9-17-23)24-18-10-5-11-19-24;7-5-3-1-2-4-6-8;1-2-3;1-3-2/h3-11,14-19H,1-2,12-13,20-21H2;1-6H2;2-3H,1H3;/q;;;-1. The molecular formula is C32H44Br3I3PS2-. The fraction of sp³-hybridized carbons (Fsp3) is 0.438. The average Bonchev–Trinajstić information content (AvgIpc) is 3.02. The number of thioether (sulfide) groups is 1. The van der Waals surface area contributed by atoms with Gasteiger partial charge in [0.25, 0.3) is 0 Å². The van der Waals surface area contributed by atoms with Gasteiger partial charge in [0.1, 0.15) is 0 Å². The van der Waals surface area contributed by atoms with Crippen LogP contribution in [0.15, 0.2) is 91.0 Å². The SMILES string of the molecule is BrCCCCCCBr.BrCCCCCCSC(c1ccccc1)(c1ccccc1)c1ccccc1.CPS.I[I-]I. The Labute approximate surface area is 317 Å². The first-order valence-electron chi connectivity index (χ1n) is 13.8. The number of hydrogen-bond acceptors (Lipinski definition) is 2. The summed E-state index contributed by atoms with van der Waals surface area (Å²) in [6, 6.07) is 32.9. The Morgan fingerprint density at radius 1 is 0.610 bits per heavy atom. The molecule has 0 saturated heterocycles. The molecule has 0 radical (unpaired) electrons. The third-order valence-corrected chi connectivity index (χ3v) is 9.22. The van der Waals surface area contributed by atoms with Crippen molar-refractivity contribution < 1.29 is 13.3 Å². The Balaban J connectivity index is 0.000000956. The van der Waals surface area contributed by atoms with Crippen molar-refractivity contribution >= 4 is 117 Å². The first-order valence-corrected chi connectivity index (χ1v) is 33.5. The molecule has 0 heterocycles. The summed E-state index contributed by atoms with van der Waals surface area (Å²) >= 11 is 21.5. The second kappa shape index (κ2) is 32.4. The van der Waals surface area contributed by atoms with E-state index in [0.29, 0.717) is 13.3 Å². The van der Waals surface area contributed by atoms with Gasteiger partial charge in [0.05, 0.1) is 4.75 Å². The van der Waals surface area contributed by atoms with Crippen molar-refractivity contribution in [3.05, 3.63) is 108 Å². The fourth-order valence-electron chi connectivity index (χ4n) is 4.09. The number of halogens is 6. The Morgan fingerprint density at radius 3 is 1.15 bits per heavy atom. The van der Waals surface area contributed by atoms with Crippen LogP contribution in [0.4, 0.5) is 0 Å². The Morgan fingerprint density at radius 2 is 0.878 bits per heavy atom. The molecule has 9 heteroatoms. The third kappa shape index (κ3) is 20.3. The third-order valence-electron chi connectivity index (χ3n) is 5.90. The molecule has 0 aliphatic rings. The molecule has 0 fully saturated rings. The molecule has 3 aromatic carbocycles. The van der Waals surface area contributed by atoms with Gasteiger partial charge < -0.3 is 0 Å². The predicted molar refractivity (Wildman–Crippen MR) is 221 cm³/mol. The summed E-state index contributed by atoms with van der Waals surface area (Å²) < 4.78 is -0.167. The van der Waals surface area contributed by atoms with Crippen LogP contribution in [0, 0.1) is 0 Å². The minimum atomic E-state index is -0.167. The molecule has 232 valence electrons. The minimum absolute atomic E-state index is 0.167. The molecule has 0 N–H and O–H groups in total. The van der Waals surface area contributed by atoms with Crippen molar-refractivity contribution in [2.45, 2.75) is 56.1 Å². The number of alkyl halides is 3. The van der Waals surface area contributed by atoms with E-state index < -0.39 is 0 Å². The molecule has 0 saturated carbocycles. The Hall–Kier alpha value is 2.42. The normalized spacial score (nSPS) is 10.7. The van der Waals surface area contributed by atoms with E-state index in [1.54, 1.807) is 0 Å². The summed E-state index contributed by atoms with van der Waals surface area (Å²) in [4.78, 5) is 0. The van der Waals surface area contributed by atoms with Gasteiger partial charge in [-0.3, -0.25) is 0 Å². The number of unbranched alkanes of at least 4 members (excludes halogenated alkanes) is 6. The van der Waals surface area contributed by atoms with Gasteiger partial charge in [-0.2, -0.15) is 12.2 Å². The van der Waals surface area contributed by atoms with E-state index in [1.165, 1.54) is 68.1 Å². The molecule has 0 amide bonds.